The van der Waals surface area contributed by atoms with Crippen LogP contribution in [0, 0.1) is 6.92 Å². The Kier molecular flexibility index (Phi) is 5.94. The number of nitrogens with one attached hydrogen (secondary N) is 1. The minimum atomic E-state index is -3.90. The van der Waals surface area contributed by atoms with Crippen molar-refractivity contribution in [3.8, 4) is 27.8 Å². The molecular formula is C23H22N2O5S2. The Morgan fingerprint density at radius 2 is 1.59 bits per heavy atom. The zero-order valence-electron chi connectivity index (χ0n) is 18.0. The highest BCUT2D eigenvalue weighted by Crippen LogP contribution is 2.35. The van der Waals surface area contributed by atoms with Gasteiger partial charge in [0.15, 0.2) is 0 Å². The van der Waals surface area contributed by atoms with E-state index in [4.69, 9.17) is 14.2 Å². The number of rotatable bonds is 7. The molecule has 3 aromatic carbocycles. The summed E-state index contributed by atoms with van der Waals surface area (Å²) in [6.45, 7) is 1.85. The Balaban J connectivity index is 1.66. The fourth-order valence-electron chi connectivity index (χ4n) is 3.26. The van der Waals surface area contributed by atoms with Crippen LogP contribution in [0.3, 0.4) is 0 Å². The van der Waals surface area contributed by atoms with Crippen LogP contribution >= 0.6 is 11.3 Å². The summed E-state index contributed by atoms with van der Waals surface area (Å²) < 4.78 is 45.5. The summed E-state index contributed by atoms with van der Waals surface area (Å²) in [4.78, 5) is 4.69. The maximum atomic E-state index is 13.1. The molecule has 0 spiro atoms. The van der Waals surface area contributed by atoms with E-state index in [0.717, 1.165) is 32.1 Å². The molecule has 4 aromatic rings. The summed E-state index contributed by atoms with van der Waals surface area (Å²) in [6, 6.07) is 15.9. The van der Waals surface area contributed by atoms with Gasteiger partial charge in [0, 0.05) is 11.6 Å². The molecule has 0 fully saturated rings. The van der Waals surface area contributed by atoms with Crippen LogP contribution in [-0.4, -0.2) is 34.7 Å². The first kappa shape index (κ1) is 21.9. The second kappa shape index (κ2) is 8.68. The molecule has 0 atom stereocenters. The average Bonchev–Trinajstić information content (AvgIpc) is 3.23. The van der Waals surface area contributed by atoms with Crippen LogP contribution in [0.1, 0.15) is 5.56 Å². The molecule has 32 heavy (non-hydrogen) atoms. The summed E-state index contributed by atoms with van der Waals surface area (Å²) >= 11 is 1.55. The van der Waals surface area contributed by atoms with Crippen molar-refractivity contribution in [2.24, 2.45) is 0 Å². The molecule has 1 N–H and O–H groups in total. The van der Waals surface area contributed by atoms with Crippen LogP contribution < -0.4 is 18.9 Å². The lowest BCUT2D eigenvalue weighted by Gasteiger charge is -2.14. The van der Waals surface area contributed by atoms with Crippen molar-refractivity contribution >= 4 is 37.3 Å². The quantitative estimate of drug-likeness (QED) is 0.404. The van der Waals surface area contributed by atoms with Gasteiger partial charge in [-0.15, -0.1) is 11.3 Å². The molecule has 1 aromatic heterocycles. The highest BCUT2D eigenvalue weighted by Gasteiger charge is 2.22. The molecule has 0 aliphatic heterocycles. The van der Waals surface area contributed by atoms with Crippen molar-refractivity contribution in [2.45, 2.75) is 11.8 Å². The van der Waals surface area contributed by atoms with E-state index in [2.05, 4.69) is 9.71 Å². The summed E-state index contributed by atoms with van der Waals surface area (Å²) in [7, 11) is 0.637. The standard InChI is InChI=1S/C23H22N2O5S2/c1-14-11-15(23-24-19-9-6-16(28-2)12-21(19)31-23)5-8-18(14)25-32(26,27)22-13-17(29-3)7-10-20(22)30-4/h5-13,25H,1-4H3. The number of aromatic nitrogens is 1. The molecule has 0 amide bonds. The molecule has 0 bridgehead atoms. The van der Waals surface area contributed by atoms with E-state index < -0.39 is 10.0 Å². The number of anilines is 1. The Bertz CT molecular complexity index is 1400. The van der Waals surface area contributed by atoms with Gasteiger partial charge in [0.2, 0.25) is 0 Å². The van der Waals surface area contributed by atoms with Crippen LogP contribution in [0.5, 0.6) is 17.2 Å². The number of sulfonamides is 1. The first-order chi connectivity index (χ1) is 15.3. The lowest BCUT2D eigenvalue weighted by atomic mass is 10.1. The Hall–Kier alpha value is -3.30. The first-order valence-corrected chi connectivity index (χ1v) is 11.9. The normalized spacial score (nSPS) is 11.4. The van der Waals surface area contributed by atoms with E-state index in [0.29, 0.717) is 11.4 Å². The Labute approximate surface area is 190 Å². The maximum absolute atomic E-state index is 13.1. The van der Waals surface area contributed by atoms with Gasteiger partial charge < -0.3 is 14.2 Å². The molecule has 0 saturated heterocycles. The van der Waals surface area contributed by atoms with Gasteiger partial charge in [-0.05, 0) is 61.0 Å². The number of hydrogen-bond donors (Lipinski definition) is 1. The lowest BCUT2D eigenvalue weighted by Crippen LogP contribution is -2.15. The van der Waals surface area contributed by atoms with Gasteiger partial charge in [0.05, 0.1) is 37.2 Å². The fraction of sp³-hybridized carbons (Fsp3) is 0.174. The summed E-state index contributed by atoms with van der Waals surface area (Å²) in [5.74, 6) is 1.43. The topological polar surface area (TPSA) is 86.8 Å². The van der Waals surface area contributed by atoms with E-state index in [-0.39, 0.29) is 10.6 Å². The van der Waals surface area contributed by atoms with E-state index in [1.165, 1.54) is 20.3 Å². The van der Waals surface area contributed by atoms with Crippen molar-refractivity contribution in [1.29, 1.82) is 0 Å². The summed E-state index contributed by atoms with van der Waals surface area (Å²) in [6.07, 6.45) is 0. The summed E-state index contributed by atoms with van der Waals surface area (Å²) in [5, 5.41) is 0.847. The van der Waals surface area contributed by atoms with Gasteiger partial charge in [0.1, 0.15) is 27.2 Å². The van der Waals surface area contributed by atoms with Gasteiger partial charge in [-0.25, -0.2) is 13.4 Å². The third-order valence-electron chi connectivity index (χ3n) is 4.97. The number of hydrogen-bond acceptors (Lipinski definition) is 7. The van der Waals surface area contributed by atoms with Crippen LogP contribution in [0.15, 0.2) is 59.5 Å². The number of ether oxygens (including phenoxy) is 3. The van der Waals surface area contributed by atoms with Gasteiger partial charge in [-0.1, -0.05) is 0 Å². The second-order valence-electron chi connectivity index (χ2n) is 7.00. The maximum Gasteiger partial charge on any atom is 0.265 e. The average molecular weight is 471 g/mol. The fourth-order valence-corrected chi connectivity index (χ4v) is 5.57. The predicted octanol–water partition coefficient (Wildman–Crippen LogP) is 5.10. The van der Waals surface area contributed by atoms with E-state index in [1.54, 1.807) is 36.6 Å². The molecule has 0 saturated carbocycles. The Morgan fingerprint density at radius 1 is 0.875 bits per heavy atom. The molecular weight excluding hydrogens is 448 g/mol. The molecule has 0 aliphatic carbocycles. The largest absolute Gasteiger partial charge is 0.497 e. The molecule has 4 rings (SSSR count). The van der Waals surface area contributed by atoms with Crippen molar-refractivity contribution in [3.05, 3.63) is 60.2 Å². The highest BCUT2D eigenvalue weighted by molar-refractivity contribution is 7.92. The number of benzene rings is 3. The SMILES string of the molecule is COc1ccc(OC)c(S(=O)(=O)Nc2ccc(-c3nc4ccc(OC)cc4s3)cc2C)c1. The number of fused-ring (bicyclic) bond motifs is 1. The minimum Gasteiger partial charge on any atom is -0.497 e. The third kappa shape index (κ3) is 4.21. The number of aryl methyl sites for hydroxylation is 1. The molecule has 7 nitrogen and oxygen atoms in total. The van der Waals surface area contributed by atoms with Crippen LogP contribution in [0.4, 0.5) is 5.69 Å². The molecule has 0 radical (unpaired) electrons. The van der Waals surface area contributed by atoms with Crippen molar-refractivity contribution in [3.63, 3.8) is 0 Å². The van der Waals surface area contributed by atoms with Crippen LogP contribution in [0.25, 0.3) is 20.8 Å². The number of thiazole rings is 1. The number of nitrogens with zero attached hydrogens (tertiary/aromatic N) is 1. The lowest BCUT2D eigenvalue weighted by molar-refractivity contribution is 0.392. The molecule has 1 heterocycles. The molecule has 0 aliphatic rings. The summed E-state index contributed by atoms with van der Waals surface area (Å²) in [5.41, 5.74) is 3.04. The van der Waals surface area contributed by atoms with Crippen LogP contribution in [0.2, 0.25) is 0 Å². The van der Waals surface area contributed by atoms with Crippen LogP contribution in [-0.2, 0) is 10.0 Å². The highest BCUT2D eigenvalue weighted by atomic mass is 32.2. The predicted molar refractivity (Wildman–Crippen MR) is 127 cm³/mol. The molecule has 9 heteroatoms. The van der Waals surface area contributed by atoms with Crippen molar-refractivity contribution in [2.75, 3.05) is 26.1 Å². The van der Waals surface area contributed by atoms with E-state index >= 15 is 0 Å². The third-order valence-corrected chi connectivity index (χ3v) is 7.43. The minimum absolute atomic E-state index is 0.00273. The number of methoxy groups -OCH3 is 3. The van der Waals surface area contributed by atoms with Gasteiger partial charge in [-0.2, -0.15) is 0 Å². The second-order valence-corrected chi connectivity index (χ2v) is 9.69. The Morgan fingerprint density at radius 3 is 2.28 bits per heavy atom. The zero-order chi connectivity index (χ0) is 22.9. The van der Waals surface area contributed by atoms with Crippen molar-refractivity contribution < 1.29 is 22.6 Å². The van der Waals surface area contributed by atoms with Crippen molar-refractivity contribution in [1.82, 2.24) is 4.98 Å². The van der Waals surface area contributed by atoms with Gasteiger partial charge in [0.25, 0.3) is 10.0 Å². The zero-order valence-corrected chi connectivity index (χ0v) is 19.6. The smallest absolute Gasteiger partial charge is 0.265 e. The molecule has 0 unspecified atom stereocenters. The van der Waals surface area contributed by atoms with Gasteiger partial charge >= 0.3 is 0 Å². The first-order valence-electron chi connectivity index (χ1n) is 9.65. The van der Waals surface area contributed by atoms with Gasteiger partial charge in [-0.3, -0.25) is 4.72 Å². The molecule has 166 valence electrons. The van der Waals surface area contributed by atoms with E-state index in [9.17, 15) is 8.42 Å². The van der Waals surface area contributed by atoms with E-state index in [1.807, 2.05) is 37.3 Å². The monoisotopic (exact) mass is 470 g/mol.